The molecule has 0 saturated carbocycles. The molecule has 0 heterocycles. The van der Waals surface area contributed by atoms with E-state index in [9.17, 15) is 0 Å². The quantitative estimate of drug-likeness (QED) is 0.513. The van der Waals surface area contributed by atoms with E-state index in [2.05, 4.69) is 33.8 Å². The standard InChI is InChI=1S/C12H22/c1-5-10-6-8-11(9-7-10)12(2,3)4/h6,11H,5,7-9H2,1-4H3. The normalized spacial score (nSPS) is 25.3. The average Bonchev–Trinajstić information content (AvgIpc) is 2.03. The van der Waals surface area contributed by atoms with Gasteiger partial charge in [-0.2, -0.15) is 0 Å². The molecule has 70 valence electrons. The molecule has 0 bridgehead atoms. The topological polar surface area (TPSA) is 0 Å². The van der Waals surface area contributed by atoms with Gasteiger partial charge in [-0.1, -0.05) is 39.3 Å². The third-order valence-electron chi connectivity index (χ3n) is 3.18. The lowest BCUT2D eigenvalue weighted by atomic mass is 9.73. The lowest BCUT2D eigenvalue weighted by molar-refractivity contribution is 0.220. The molecule has 1 aliphatic rings. The molecule has 1 rings (SSSR count). The van der Waals surface area contributed by atoms with Crippen molar-refractivity contribution in [1.82, 2.24) is 0 Å². The van der Waals surface area contributed by atoms with Crippen LogP contribution in [0, 0.1) is 11.3 Å². The van der Waals surface area contributed by atoms with E-state index in [1.165, 1.54) is 25.7 Å². The minimum Gasteiger partial charge on any atom is -0.0850 e. The molecule has 1 unspecified atom stereocenters. The number of rotatable bonds is 1. The third-order valence-corrected chi connectivity index (χ3v) is 3.18. The van der Waals surface area contributed by atoms with Crippen LogP contribution in [0.25, 0.3) is 0 Å². The maximum atomic E-state index is 2.47. The zero-order valence-corrected chi connectivity index (χ0v) is 8.98. The lowest BCUT2D eigenvalue weighted by Gasteiger charge is -2.33. The first-order chi connectivity index (χ1) is 5.54. The molecule has 0 aromatic rings. The highest BCUT2D eigenvalue weighted by molar-refractivity contribution is 5.06. The van der Waals surface area contributed by atoms with Crippen LogP contribution < -0.4 is 0 Å². The van der Waals surface area contributed by atoms with E-state index in [4.69, 9.17) is 0 Å². The number of hydrogen-bond acceptors (Lipinski definition) is 0. The van der Waals surface area contributed by atoms with Crippen LogP contribution in [0.4, 0.5) is 0 Å². The van der Waals surface area contributed by atoms with Gasteiger partial charge in [-0.15, -0.1) is 0 Å². The van der Waals surface area contributed by atoms with E-state index in [0.717, 1.165) is 5.92 Å². The second kappa shape index (κ2) is 3.64. The first-order valence-electron chi connectivity index (χ1n) is 5.22. The van der Waals surface area contributed by atoms with Gasteiger partial charge in [-0.05, 0) is 37.0 Å². The lowest BCUT2D eigenvalue weighted by Crippen LogP contribution is -2.22. The molecule has 1 atom stereocenters. The number of hydrogen-bond donors (Lipinski definition) is 0. The molecule has 12 heavy (non-hydrogen) atoms. The summed E-state index contributed by atoms with van der Waals surface area (Å²) in [5.74, 6) is 0.910. The van der Waals surface area contributed by atoms with E-state index in [1.54, 1.807) is 5.57 Å². The van der Waals surface area contributed by atoms with Gasteiger partial charge in [0, 0.05) is 0 Å². The first kappa shape index (κ1) is 9.83. The Kier molecular flexibility index (Phi) is 2.98. The average molecular weight is 166 g/mol. The van der Waals surface area contributed by atoms with Gasteiger partial charge < -0.3 is 0 Å². The zero-order valence-electron chi connectivity index (χ0n) is 8.98. The van der Waals surface area contributed by atoms with Gasteiger partial charge in [0.2, 0.25) is 0 Å². The van der Waals surface area contributed by atoms with Crippen molar-refractivity contribution in [3.8, 4) is 0 Å². The summed E-state index contributed by atoms with van der Waals surface area (Å²) in [5, 5.41) is 0. The van der Waals surface area contributed by atoms with Crippen LogP contribution in [0.1, 0.15) is 53.4 Å². The first-order valence-corrected chi connectivity index (χ1v) is 5.22. The molecule has 0 spiro atoms. The Balaban J connectivity index is 2.52. The van der Waals surface area contributed by atoms with Crippen LogP contribution in [0.5, 0.6) is 0 Å². The van der Waals surface area contributed by atoms with E-state index in [0.29, 0.717) is 5.41 Å². The zero-order chi connectivity index (χ0) is 9.19. The van der Waals surface area contributed by atoms with Gasteiger partial charge in [-0.3, -0.25) is 0 Å². The van der Waals surface area contributed by atoms with E-state index in [-0.39, 0.29) is 0 Å². The fourth-order valence-electron chi connectivity index (χ4n) is 2.00. The molecular weight excluding hydrogens is 144 g/mol. The van der Waals surface area contributed by atoms with E-state index in [1.807, 2.05) is 0 Å². The molecule has 0 aromatic carbocycles. The molecule has 0 aliphatic heterocycles. The summed E-state index contributed by atoms with van der Waals surface area (Å²) in [6, 6.07) is 0. The molecule has 0 N–H and O–H groups in total. The molecular formula is C12H22. The molecule has 1 aliphatic carbocycles. The minimum absolute atomic E-state index is 0.510. The molecule has 0 amide bonds. The van der Waals surface area contributed by atoms with Crippen molar-refractivity contribution in [1.29, 1.82) is 0 Å². The summed E-state index contributed by atoms with van der Waals surface area (Å²) in [6.07, 6.45) is 7.80. The largest absolute Gasteiger partial charge is 0.0850 e. The Morgan fingerprint density at radius 1 is 1.42 bits per heavy atom. The maximum Gasteiger partial charge on any atom is -0.0314 e. The molecule has 0 heteroatoms. The Labute approximate surface area is 77.1 Å². The molecule has 0 nitrogen and oxygen atoms in total. The van der Waals surface area contributed by atoms with Crippen molar-refractivity contribution in [3.63, 3.8) is 0 Å². The predicted octanol–water partition coefficient (Wildman–Crippen LogP) is 4.17. The summed E-state index contributed by atoms with van der Waals surface area (Å²) in [6.45, 7) is 9.36. The van der Waals surface area contributed by atoms with Gasteiger partial charge in [0.1, 0.15) is 0 Å². The second-order valence-corrected chi connectivity index (χ2v) is 5.05. The van der Waals surface area contributed by atoms with Crippen molar-refractivity contribution < 1.29 is 0 Å². The van der Waals surface area contributed by atoms with Crippen LogP contribution in [0.3, 0.4) is 0 Å². The summed E-state index contributed by atoms with van der Waals surface area (Å²) in [5.41, 5.74) is 2.19. The Bertz CT molecular complexity index is 169. The smallest absolute Gasteiger partial charge is 0.0314 e. The number of allylic oxidation sites excluding steroid dienone is 2. The highest BCUT2D eigenvalue weighted by Gasteiger charge is 2.25. The van der Waals surface area contributed by atoms with Gasteiger partial charge in [0.05, 0.1) is 0 Å². The Morgan fingerprint density at radius 3 is 2.42 bits per heavy atom. The van der Waals surface area contributed by atoms with E-state index < -0.39 is 0 Å². The highest BCUT2D eigenvalue weighted by atomic mass is 14.3. The molecule has 0 saturated heterocycles. The van der Waals surface area contributed by atoms with Crippen LogP contribution in [0.2, 0.25) is 0 Å². The van der Waals surface area contributed by atoms with Gasteiger partial charge in [0.25, 0.3) is 0 Å². The van der Waals surface area contributed by atoms with Crippen molar-refractivity contribution in [3.05, 3.63) is 11.6 Å². The van der Waals surface area contributed by atoms with Crippen LogP contribution >= 0.6 is 0 Å². The van der Waals surface area contributed by atoms with Crippen LogP contribution in [-0.2, 0) is 0 Å². The van der Waals surface area contributed by atoms with Gasteiger partial charge in [0.15, 0.2) is 0 Å². The fourth-order valence-corrected chi connectivity index (χ4v) is 2.00. The summed E-state index contributed by atoms with van der Waals surface area (Å²) in [4.78, 5) is 0. The molecule has 0 aromatic heterocycles. The molecule has 0 fully saturated rings. The van der Waals surface area contributed by atoms with Crippen molar-refractivity contribution in [2.24, 2.45) is 11.3 Å². The summed E-state index contributed by atoms with van der Waals surface area (Å²) < 4.78 is 0. The van der Waals surface area contributed by atoms with Crippen LogP contribution in [-0.4, -0.2) is 0 Å². The van der Waals surface area contributed by atoms with E-state index >= 15 is 0 Å². The fraction of sp³-hybridized carbons (Fsp3) is 0.833. The van der Waals surface area contributed by atoms with Gasteiger partial charge in [-0.25, -0.2) is 0 Å². The second-order valence-electron chi connectivity index (χ2n) is 5.05. The Morgan fingerprint density at radius 2 is 2.08 bits per heavy atom. The summed E-state index contributed by atoms with van der Waals surface area (Å²) >= 11 is 0. The highest BCUT2D eigenvalue weighted by Crippen LogP contribution is 2.37. The maximum absolute atomic E-state index is 2.47. The van der Waals surface area contributed by atoms with Crippen LogP contribution in [0.15, 0.2) is 11.6 Å². The van der Waals surface area contributed by atoms with Crippen molar-refractivity contribution in [2.45, 2.75) is 53.4 Å². The van der Waals surface area contributed by atoms with Crippen molar-refractivity contribution in [2.75, 3.05) is 0 Å². The minimum atomic E-state index is 0.510. The summed E-state index contributed by atoms with van der Waals surface area (Å²) in [7, 11) is 0. The Hall–Kier alpha value is -0.260. The predicted molar refractivity (Wildman–Crippen MR) is 55.2 cm³/mol. The van der Waals surface area contributed by atoms with Crippen molar-refractivity contribution >= 4 is 0 Å². The molecule has 0 radical (unpaired) electrons. The van der Waals surface area contributed by atoms with Gasteiger partial charge >= 0.3 is 0 Å². The SMILES string of the molecule is CCC1=CCC(C(C)(C)C)CC1. The monoisotopic (exact) mass is 166 g/mol. The third kappa shape index (κ3) is 2.36.